The largest absolute Gasteiger partial charge is 0.367 e. The normalized spacial score (nSPS) is 19.1. The molecule has 144 valence electrons. The minimum Gasteiger partial charge on any atom is -0.367 e. The Bertz CT molecular complexity index is 935. The molecule has 1 aromatic carbocycles. The molecule has 8 heteroatoms. The second-order valence-corrected chi connectivity index (χ2v) is 6.67. The predicted molar refractivity (Wildman–Crippen MR) is 97.6 cm³/mol. The third kappa shape index (κ3) is 3.91. The lowest BCUT2D eigenvalue weighted by Crippen LogP contribution is -2.35. The van der Waals surface area contributed by atoms with Gasteiger partial charge in [-0.1, -0.05) is 35.5 Å². The third-order valence-electron chi connectivity index (χ3n) is 4.66. The molecule has 1 fully saturated rings. The third-order valence-corrected chi connectivity index (χ3v) is 4.66. The van der Waals surface area contributed by atoms with Crippen molar-refractivity contribution in [2.24, 2.45) is 0 Å². The second kappa shape index (κ2) is 7.85. The molecule has 2 aromatic heterocycles. The Kier molecular flexibility index (Phi) is 5.12. The molecule has 1 aliphatic heterocycles. The number of likely N-dealkylation sites (tertiary alicyclic amines) is 1. The first-order valence-corrected chi connectivity index (χ1v) is 8.97. The fourth-order valence-corrected chi connectivity index (χ4v) is 3.11. The number of carbonyl (C=O) groups is 1. The van der Waals surface area contributed by atoms with Crippen molar-refractivity contribution in [2.75, 3.05) is 19.7 Å². The van der Waals surface area contributed by atoms with Crippen molar-refractivity contribution in [1.82, 2.24) is 20.0 Å². The van der Waals surface area contributed by atoms with Gasteiger partial charge in [0.25, 0.3) is 5.89 Å². The summed E-state index contributed by atoms with van der Waals surface area (Å²) in [6.07, 6.45) is 3.30. The number of benzene rings is 1. The van der Waals surface area contributed by atoms with Crippen LogP contribution in [-0.2, 0) is 21.8 Å². The van der Waals surface area contributed by atoms with Gasteiger partial charge in [-0.25, -0.2) is 4.39 Å². The van der Waals surface area contributed by atoms with Crippen LogP contribution in [0.4, 0.5) is 4.39 Å². The van der Waals surface area contributed by atoms with E-state index >= 15 is 4.39 Å². The monoisotopic (exact) mass is 382 g/mol. The minimum atomic E-state index is -1.83. The van der Waals surface area contributed by atoms with E-state index in [0.717, 1.165) is 5.56 Å². The highest BCUT2D eigenvalue weighted by Gasteiger charge is 2.45. The molecule has 1 aliphatic rings. The number of nitrogens with zero attached hydrogens (tertiary/aromatic N) is 4. The van der Waals surface area contributed by atoms with Crippen LogP contribution in [0.1, 0.15) is 17.8 Å². The van der Waals surface area contributed by atoms with Crippen molar-refractivity contribution in [2.45, 2.75) is 18.7 Å². The highest BCUT2D eigenvalue weighted by Crippen LogP contribution is 2.35. The molecule has 0 saturated carbocycles. The molecule has 3 aromatic rings. The van der Waals surface area contributed by atoms with Crippen LogP contribution in [0.2, 0.25) is 0 Å². The Labute approximate surface area is 161 Å². The molecule has 0 spiro atoms. The number of alkyl halides is 1. The maximum atomic E-state index is 15.3. The van der Waals surface area contributed by atoms with Crippen LogP contribution in [0.5, 0.6) is 0 Å². The molecule has 1 saturated heterocycles. The average molecular weight is 382 g/mol. The molecule has 3 heterocycles. The summed E-state index contributed by atoms with van der Waals surface area (Å²) < 4.78 is 26.0. The number of pyridine rings is 1. The van der Waals surface area contributed by atoms with Crippen LogP contribution in [-0.4, -0.2) is 45.6 Å². The summed E-state index contributed by atoms with van der Waals surface area (Å²) in [4.78, 5) is 21.9. The van der Waals surface area contributed by atoms with Gasteiger partial charge in [0, 0.05) is 30.9 Å². The summed E-state index contributed by atoms with van der Waals surface area (Å²) in [6.45, 7) is 0.403. The lowest BCUT2D eigenvalue weighted by molar-refractivity contribution is -0.136. The maximum absolute atomic E-state index is 15.3. The smallest absolute Gasteiger partial charge is 0.258 e. The predicted octanol–water partition coefficient (Wildman–Crippen LogP) is 2.75. The molecular formula is C20H19FN4O3. The number of halogens is 1. The zero-order valence-electron chi connectivity index (χ0n) is 15.1. The van der Waals surface area contributed by atoms with E-state index in [0.29, 0.717) is 12.2 Å². The van der Waals surface area contributed by atoms with E-state index in [1.54, 1.807) is 24.5 Å². The van der Waals surface area contributed by atoms with Gasteiger partial charge >= 0.3 is 0 Å². The fraction of sp³-hybridized carbons (Fsp3) is 0.300. The van der Waals surface area contributed by atoms with Crippen molar-refractivity contribution in [3.05, 3.63) is 66.2 Å². The molecule has 28 heavy (non-hydrogen) atoms. The molecule has 0 aliphatic carbocycles. The van der Waals surface area contributed by atoms with Crippen LogP contribution in [0.15, 0.2) is 59.4 Å². The first-order valence-electron chi connectivity index (χ1n) is 8.97. The Hall–Kier alpha value is -3.13. The van der Waals surface area contributed by atoms with Crippen molar-refractivity contribution in [3.63, 3.8) is 0 Å². The van der Waals surface area contributed by atoms with Gasteiger partial charge in [-0.15, -0.1) is 0 Å². The topological polar surface area (TPSA) is 81.4 Å². The zero-order valence-corrected chi connectivity index (χ0v) is 15.1. The summed E-state index contributed by atoms with van der Waals surface area (Å²) in [5.74, 6) is -0.0708. The number of amides is 1. The van der Waals surface area contributed by atoms with E-state index in [9.17, 15) is 4.79 Å². The summed E-state index contributed by atoms with van der Waals surface area (Å²) in [7, 11) is 0. The summed E-state index contributed by atoms with van der Waals surface area (Å²) in [6, 6.07) is 13.0. The van der Waals surface area contributed by atoms with Gasteiger partial charge in [0.15, 0.2) is 5.67 Å². The zero-order chi connectivity index (χ0) is 19.4. The minimum absolute atomic E-state index is 0.0418. The van der Waals surface area contributed by atoms with E-state index < -0.39 is 5.67 Å². The molecule has 0 bridgehead atoms. The Morgan fingerprint density at radius 3 is 2.79 bits per heavy atom. The second-order valence-electron chi connectivity index (χ2n) is 6.67. The van der Waals surface area contributed by atoms with Crippen molar-refractivity contribution < 1.29 is 18.4 Å². The van der Waals surface area contributed by atoms with Gasteiger partial charge in [0.05, 0.1) is 13.2 Å². The molecule has 1 atom stereocenters. The van der Waals surface area contributed by atoms with Crippen LogP contribution in [0.25, 0.3) is 11.5 Å². The van der Waals surface area contributed by atoms with Gasteiger partial charge in [-0.05, 0) is 17.7 Å². The van der Waals surface area contributed by atoms with Crippen LogP contribution in [0, 0.1) is 0 Å². The van der Waals surface area contributed by atoms with Gasteiger partial charge in [0.1, 0.15) is 6.61 Å². The molecule has 1 unspecified atom stereocenters. The lowest BCUT2D eigenvalue weighted by Gasteiger charge is -2.18. The van der Waals surface area contributed by atoms with E-state index in [1.807, 2.05) is 30.3 Å². The number of aromatic nitrogens is 3. The van der Waals surface area contributed by atoms with E-state index in [2.05, 4.69) is 15.1 Å². The first-order chi connectivity index (χ1) is 13.6. The summed E-state index contributed by atoms with van der Waals surface area (Å²) >= 11 is 0. The molecule has 1 amide bonds. The molecule has 7 nitrogen and oxygen atoms in total. The SMILES string of the molecule is O=C(COCc1ccccc1)N1CCC(F)(c2noc(-c3ccncc3)n2)C1. The molecule has 0 N–H and O–H groups in total. The highest BCUT2D eigenvalue weighted by atomic mass is 19.1. The van der Waals surface area contributed by atoms with Gasteiger partial charge in [-0.2, -0.15) is 4.98 Å². The molecule has 0 radical (unpaired) electrons. The van der Waals surface area contributed by atoms with Crippen LogP contribution in [0.3, 0.4) is 0 Å². The number of rotatable bonds is 6. The number of hydrogen-bond acceptors (Lipinski definition) is 6. The maximum Gasteiger partial charge on any atom is 0.258 e. The summed E-state index contributed by atoms with van der Waals surface area (Å²) in [5.41, 5.74) is -0.186. The van der Waals surface area contributed by atoms with Crippen molar-refractivity contribution in [3.8, 4) is 11.5 Å². The fourth-order valence-electron chi connectivity index (χ4n) is 3.11. The van der Waals surface area contributed by atoms with Gasteiger partial charge in [-0.3, -0.25) is 9.78 Å². The van der Waals surface area contributed by atoms with Crippen molar-refractivity contribution >= 4 is 5.91 Å². The lowest BCUT2D eigenvalue weighted by atomic mass is 10.1. The van der Waals surface area contributed by atoms with Gasteiger partial charge < -0.3 is 14.2 Å². The van der Waals surface area contributed by atoms with Crippen LogP contribution < -0.4 is 0 Å². The molecular weight excluding hydrogens is 363 g/mol. The van der Waals surface area contributed by atoms with Crippen molar-refractivity contribution in [1.29, 1.82) is 0 Å². The van der Waals surface area contributed by atoms with E-state index in [4.69, 9.17) is 9.26 Å². The number of hydrogen-bond donors (Lipinski definition) is 0. The van der Waals surface area contributed by atoms with Crippen LogP contribution >= 0.6 is 0 Å². The molecule has 4 rings (SSSR count). The summed E-state index contributed by atoms with van der Waals surface area (Å²) in [5, 5.41) is 3.79. The Morgan fingerprint density at radius 1 is 1.21 bits per heavy atom. The Morgan fingerprint density at radius 2 is 2.00 bits per heavy atom. The standard InChI is InChI=1S/C20H19FN4O3/c21-20(19-23-18(28-24-19)16-6-9-22-10-7-16)8-11-25(14-20)17(26)13-27-12-15-4-2-1-3-5-15/h1-7,9-10H,8,11-14H2. The first kappa shape index (κ1) is 18.2. The number of ether oxygens (including phenoxy) is 1. The highest BCUT2D eigenvalue weighted by molar-refractivity contribution is 5.78. The van der Waals surface area contributed by atoms with E-state index in [1.165, 1.54) is 4.90 Å². The van der Waals surface area contributed by atoms with Gasteiger partial charge in [0.2, 0.25) is 11.7 Å². The number of carbonyl (C=O) groups excluding carboxylic acids is 1. The Balaban J connectivity index is 1.35. The quantitative estimate of drug-likeness (QED) is 0.652. The average Bonchev–Trinajstić information content (AvgIpc) is 3.38. The van der Waals surface area contributed by atoms with E-state index in [-0.39, 0.29) is 43.7 Å².